The molecule has 0 heterocycles. The first-order valence-corrected chi connectivity index (χ1v) is 9.89. The minimum atomic E-state index is -3.39. The molecule has 0 spiro atoms. The quantitative estimate of drug-likeness (QED) is 0.716. The molecule has 6 heteroatoms. The number of nitrogens with one attached hydrogen (secondary N) is 1. The van der Waals surface area contributed by atoms with Crippen LogP contribution in [0.2, 0.25) is 0 Å². The molecule has 1 rings (SSSR count). The van der Waals surface area contributed by atoms with E-state index >= 15 is 0 Å². The van der Waals surface area contributed by atoms with E-state index in [1.165, 1.54) is 0 Å². The summed E-state index contributed by atoms with van der Waals surface area (Å²) in [5.41, 5.74) is 0.762. The molecule has 0 atom stereocenters. The van der Waals surface area contributed by atoms with Crippen LogP contribution in [-0.2, 0) is 10.0 Å². The van der Waals surface area contributed by atoms with Gasteiger partial charge in [-0.25, -0.2) is 13.1 Å². The first-order valence-electron chi connectivity index (χ1n) is 6.22. The van der Waals surface area contributed by atoms with Crippen molar-refractivity contribution >= 4 is 37.7 Å². The molecule has 1 aromatic carbocycles. The molecule has 3 nitrogen and oxygen atoms in total. The van der Waals surface area contributed by atoms with Crippen LogP contribution in [0.3, 0.4) is 0 Å². The van der Waals surface area contributed by atoms with Gasteiger partial charge in [0.1, 0.15) is 0 Å². The van der Waals surface area contributed by atoms with Crippen LogP contribution >= 0.6 is 27.7 Å². The van der Waals surface area contributed by atoms with Crippen molar-refractivity contribution in [1.82, 2.24) is 4.72 Å². The van der Waals surface area contributed by atoms with Crippen molar-refractivity contribution in [3.05, 3.63) is 28.2 Å². The van der Waals surface area contributed by atoms with Crippen molar-refractivity contribution in [1.29, 1.82) is 0 Å². The number of unbranched alkanes of at least 4 members (excludes halogenated alkanes) is 2. The highest BCUT2D eigenvalue weighted by Gasteiger charge is 2.16. The minimum Gasteiger partial charge on any atom is -0.211 e. The lowest BCUT2D eigenvalue weighted by Crippen LogP contribution is -2.25. The van der Waals surface area contributed by atoms with Gasteiger partial charge in [0.25, 0.3) is 0 Å². The Bertz CT molecular complexity index is 503. The number of hydrogen-bond donors (Lipinski definition) is 1. The average molecular weight is 366 g/mol. The molecule has 0 radical (unpaired) electrons. The molecule has 0 aromatic heterocycles. The molecule has 0 saturated heterocycles. The third kappa shape index (κ3) is 5.85. The number of rotatable bonds is 8. The third-order valence-electron chi connectivity index (χ3n) is 2.76. The van der Waals surface area contributed by atoms with E-state index in [-0.39, 0.29) is 0 Å². The lowest BCUT2D eigenvalue weighted by molar-refractivity contribution is 0.575. The van der Waals surface area contributed by atoms with Crippen molar-refractivity contribution in [2.24, 2.45) is 0 Å². The average Bonchev–Trinajstić information content (AvgIpc) is 2.36. The first-order chi connectivity index (χ1) is 8.97. The minimum absolute atomic E-state index is 0.353. The first kappa shape index (κ1) is 17.0. The fourth-order valence-electron chi connectivity index (χ4n) is 1.70. The van der Waals surface area contributed by atoms with E-state index in [1.54, 1.807) is 19.1 Å². The third-order valence-corrected chi connectivity index (χ3v) is 5.55. The molecule has 1 aromatic rings. The summed E-state index contributed by atoms with van der Waals surface area (Å²) in [6.45, 7) is 2.31. The molecule has 108 valence electrons. The monoisotopic (exact) mass is 365 g/mol. The van der Waals surface area contributed by atoms with E-state index in [0.29, 0.717) is 11.4 Å². The SMILES string of the molecule is CSCCCCCNS(=O)(=O)c1cc(Br)ccc1C. The Kier molecular flexibility index (Phi) is 7.42. The maximum absolute atomic E-state index is 12.2. The van der Waals surface area contributed by atoms with E-state index in [4.69, 9.17) is 0 Å². The molecule has 0 aliphatic rings. The van der Waals surface area contributed by atoms with Gasteiger partial charge < -0.3 is 0 Å². The second-order valence-corrected chi connectivity index (χ2v) is 8.00. The molecular weight excluding hydrogens is 346 g/mol. The highest BCUT2D eigenvalue weighted by Crippen LogP contribution is 2.20. The standard InChI is InChI=1S/C13H20BrNO2S2/c1-11-6-7-12(14)10-13(11)19(16,17)15-8-4-3-5-9-18-2/h6-7,10,15H,3-5,8-9H2,1-2H3. The van der Waals surface area contributed by atoms with Gasteiger partial charge in [-0.3, -0.25) is 0 Å². The lowest BCUT2D eigenvalue weighted by atomic mass is 10.2. The number of thioether (sulfide) groups is 1. The number of hydrogen-bond acceptors (Lipinski definition) is 3. The van der Waals surface area contributed by atoms with Gasteiger partial charge in [-0.1, -0.05) is 28.4 Å². The zero-order valence-electron chi connectivity index (χ0n) is 11.3. The molecule has 0 unspecified atom stereocenters. The van der Waals surface area contributed by atoms with Crippen LogP contribution < -0.4 is 4.72 Å². The van der Waals surface area contributed by atoms with Gasteiger partial charge in [-0.05, 0) is 49.5 Å². The molecule has 0 fully saturated rings. The number of benzene rings is 1. The molecule has 19 heavy (non-hydrogen) atoms. The Hall–Kier alpha value is -0.0400. The Morgan fingerprint density at radius 3 is 2.68 bits per heavy atom. The van der Waals surface area contributed by atoms with Crippen LogP contribution in [0, 0.1) is 6.92 Å². The Morgan fingerprint density at radius 2 is 2.00 bits per heavy atom. The topological polar surface area (TPSA) is 46.2 Å². The summed E-state index contributed by atoms with van der Waals surface area (Å²) in [5, 5.41) is 0. The van der Waals surface area contributed by atoms with Crippen LogP contribution in [0.5, 0.6) is 0 Å². The molecule has 0 saturated carbocycles. The van der Waals surface area contributed by atoms with E-state index in [0.717, 1.165) is 35.1 Å². The maximum Gasteiger partial charge on any atom is 0.240 e. The smallest absolute Gasteiger partial charge is 0.211 e. The maximum atomic E-state index is 12.2. The Labute approximate surface area is 128 Å². The Balaban J connectivity index is 2.54. The van der Waals surface area contributed by atoms with Crippen LogP contribution in [0.4, 0.5) is 0 Å². The van der Waals surface area contributed by atoms with E-state index in [1.807, 2.05) is 17.8 Å². The van der Waals surface area contributed by atoms with Crippen LogP contribution in [0.15, 0.2) is 27.6 Å². The largest absolute Gasteiger partial charge is 0.240 e. The summed E-state index contributed by atoms with van der Waals surface area (Å²) in [6.07, 6.45) is 5.16. The predicted molar refractivity (Wildman–Crippen MR) is 86.3 cm³/mol. The summed E-state index contributed by atoms with van der Waals surface area (Å²) in [7, 11) is -3.39. The van der Waals surface area contributed by atoms with Crippen molar-refractivity contribution < 1.29 is 8.42 Å². The summed E-state index contributed by atoms with van der Waals surface area (Å²) in [4.78, 5) is 0.353. The zero-order valence-corrected chi connectivity index (χ0v) is 14.5. The fourth-order valence-corrected chi connectivity index (χ4v) is 4.04. The van der Waals surface area contributed by atoms with Gasteiger partial charge in [0.05, 0.1) is 4.90 Å². The van der Waals surface area contributed by atoms with Crippen molar-refractivity contribution in [2.75, 3.05) is 18.6 Å². The van der Waals surface area contributed by atoms with Crippen LogP contribution in [0.1, 0.15) is 24.8 Å². The number of aryl methyl sites for hydroxylation is 1. The molecular formula is C13H20BrNO2S2. The normalized spacial score (nSPS) is 11.7. The van der Waals surface area contributed by atoms with Crippen molar-refractivity contribution in [2.45, 2.75) is 31.1 Å². The van der Waals surface area contributed by atoms with Gasteiger partial charge in [-0.2, -0.15) is 11.8 Å². The summed E-state index contributed by atoms with van der Waals surface area (Å²) in [5.74, 6) is 1.14. The van der Waals surface area contributed by atoms with Gasteiger partial charge in [-0.15, -0.1) is 0 Å². The van der Waals surface area contributed by atoms with E-state index in [2.05, 4.69) is 26.9 Å². The number of sulfonamides is 1. The number of halogens is 1. The second-order valence-electron chi connectivity index (χ2n) is 4.36. The summed E-state index contributed by atoms with van der Waals surface area (Å²) in [6, 6.07) is 5.29. The van der Waals surface area contributed by atoms with Crippen molar-refractivity contribution in [3.8, 4) is 0 Å². The van der Waals surface area contributed by atoms with E-state index < -0.39 is 10.0 Å². The van der Waals surface area contributed by atoms with Gasteiger partial charge in [0.15, 0.2) is 0 Å². The fraction of sp³-hybridized carbons (Fsp3) is 0.538. The zero-order chi connectivity index (χ0) is 14.3. The Morgan fingerprint density at radius 1 is 1.26 bits per heavy atom. The lowest BCUT2D eigenvalue weighted by Gasteiger charge is -2.09. The summed E-state index contributed by atoms with van der Waals surface area (Å²) < 4.78 is 27.8. The molecule has 0 aliphatic heterocycles. The van der Waals surface area contributed by atoms with Crippen LogP contribution in [-0.4, -0.2) is 27.0 Å². The van der Waals surface area contributed by atoms with Crippen LogP contribution in [0.25, 0.3) is 0 Å². The highest BCUT2D eigenvalue weighted by molar-refractivity contribution is 9.10. The second kappa shape index (κ2) is 8.29. The molecule has 0 bridgehead atoms. The predicted octanol–water partition coefficient (Wildman–Crippen LogP) is 3.57. The van der Waals surface area contributed by atoms with Crippen molar-refractivity contribution in [3.63, 3.8) is 0 Å². The summed E-state index contributed by atoms with van der Waals surface area (Å²) >= 11 is 5.13. The molecule has 0 aliphatic carbocycles. The van der Waals surface area contributed by atoms with Gasteiger partial charge >= 0.3 is 0 Å². The highest BCUT2D eigenvalue weighted by atomic mass is 79.9. The van der Waals surface area contributed by atoms with E-state index in [9.17, 15) is 8.42 Å². The molecule has 1 N–H and O–H groups in total. The van der Waals surface area contributed by atoms with Gasteiger partial charge in [0, 0.05) is 11.0 Å². The molecule has 0 amide bonds. The van der Waals surface area contributed by atoms with Gasteiger partial charge in [0.2, 0.25) is 10.0 Å².